The minimum Gasteiger partial charge on any atom is -0.505 e. The monoisotopic (exact) mass is 248 g/mol. The number of aryl methyl sites for hydroxylation is 1. The van der Waals surface area contributed by atoms with Gasteiger partial charge in [0.05, 0.1) is 11.8 Å². The molecule has 2 N–H and O–H groups in total. The van der Waals surface area contributed by atoms with Crippen LogP contribution in [0.25, 0.3) is 0 Å². The smallest absolute Gasteiger partial charge is 0.255 e. The van der Waals surface area contributed by atoms with Crippen molar-refractivity contribution in [2.75, 3.05) is 6.54 Å². The maximum absolute atomic E-state index is 11.7. The van der Waals surface area contributed by atoms with E-state index in [2.05, 4.69) is 20.4 Å². The molecule has 0 aliphatic carbocycles. The van der Waals surface area contributed by atoms with E-state index in [0.717, 1.165) is 0 Å². The number of nitrogens with zero attached hydrogens (tertiary/aromatic N) is 3. The SMILES string of the molecule is Cc1nc(CCNC(=O)c2ccncc2O)no1. The van der Waals surface area contributed by atoms with Crippen LogP contribution in [0.5, 0.6) is 5.75 Å². The largest absolute Gasteiger partial charge is 0.505 e. The molecule has 18 heavy (non-hydrogen) atoms. The van der Waals surface area contributed by atoms with Gasteiger partial charge in [0.1, 0.15) is 5.75 Å². The molecular weight excluding hydrogens is 236 g/mol. The summed E-state index contributed by atoms with van der Waals surface area (Å²) in [5.41, 5.74) is 0.189. The minimum absolute atomic E-state index is 0.148. The average Bonchev–Trinajstić information content (AvgIpc) is 2.75. The van der Waals surface area contributed by atoms with Gasteiger partial charge in [0, 0.05) is 26.1 Å². The van der Waals surface area contributed by atoms with Gasteiger partial charge >= 0.3 is 0 Å². The molecule has 0 fully saturated rings. The Morgan fingerprint density at radius 2 is 2.39 bits per heavy atom. The third-order valence-corrected chi connectivity index (χ3v) is 2.25. The van der Waals surface area contributed by atoms with Gasteiger partial charge in [-0.3, -0.25) is 9.78 Å². The Morgan fingerprint density at radius 3 is 3.06 bits per heavy atom. The molecule has 0 saturated heterocycles. The van der Waals surface area contributed by atoms with Crippen molar-refractivity contribution in [1.29, 1.82) is 0 Å². The third-order valence-electron chi connectivity index (χ3n) is 2.25. The number of amides is 1. The summed E-state index contributed by atoms with van der Waals surface area (Å²) in [5, 5.41) is 15.8. The highest BCUT2D eigenvalue weighted by molar-refractivity contribution is 5.96. The number of hydrogen-bond acceptors (Lipinski definition) is 6. The Bertz CT molecular complexity index is 553. The van der Waals surface area contributed by atoms with Crippen LogP contribution in [0.1, 0.15) is 22.1 Å². The summed E-state index contributed by atoms with van der Waals surface area (Å²) in [6.07, 6.45) is 3.13. The predicted octanol–water partition coefficient (Wildman–Crippen LogP) is 0.451. The first kappa shape index (κ1) is 12.0. The van der Waals surface area contributed by atoms with E-state index < -0.39 is 0 Å². The zero-order valence-corrected chi connectivity index (χ0v) is 9.75. The van der Waals surface area contributed by atoms with Crippen LogP contribution >= 0.6 is 0 Å². The van der Waals surface area contributed by atoms with E-state index in [-0.39, 0.29) is 17.2 Å². The molecule has 0 bridgehead atoms. The van der Waals surface area contributed by atoms with E-state index in [1.54, 1.807) is 6.92 Å². The molecule has 7 heteroatoms. The first-order chi connectivity index (χ1) is 8.66. The van der Waals surface area contributed by atoms with Crippen molar-refractivity contribution in [1.82, 2.24) is 20.4 Å². The van der Waals surface area contributed by atoms with E-state index in [1.807, 2.05) is 0 Å². The van der Waals surface area contributed by atoms with Crippen molar-refractivity contribution in [3.05, 3.63) is 35.7 Å². The zero-order valence-electron chi connectivity index (χ0n) is 9.75. The minimum atomic E-state index is -0.366. The van der Waals surface area contributed by atoms with E-state index in [0.29, 0.717) is 24.7 Å². The number of hydrogen-bond donors (Lipinski definition) is 2. The maximum Gasteiger partial charge on any atom is 0.255 e. The van der Waals surface area contributed by atoms with Crippen molar-refractivity contribution in [3.63, 3.8) is 0 Å². The lowest BCUT2D eigenvalue weighted by molar-refractivity contribution is 0.0951. The molecule has 2 aromatic heterocycles. The van der Waals surface area contributed by atoms with Crippen molar-refractivity contribution in [3.8, 4) is 5.75 Å². The first-order valence-corrected chi connectivity index (χ1v) is 5.37. The fourth-order valence-corrected chi connectivity index (χ4v) is 1.40. The molecule has 0 atom stereocenters. The summed E-state index contributed by atoms with van der Waals surface area (Å²) >= 11 is 0. The molecule has 7 nitrogen and oxygen atoms in total. The second kappa shape index (κ2) is 5.26. The van der Waals surface area contributed by atoms with E-state index in [1.165, 1.54) is 18.5 Å². The Hall–Kier alpha value is -2.44. The van der Waals surface area contributed by atoms with Gasteiger partial charge in [-0.25, -0.2) is 0 Å². The highest BCUT2D eigenvalue weighted by Crippen LogP contribution is 2.13. The summed E-state index contributed by atoms with van der Waals surface area (Å²) in [7, 11) is 0. The molecule has 1 amide bonds. The molecule has 0 unspecified atom stereocenters. The van der Waals surface area contributed by atoms with Gasteiger partial charge in [0.15, 0.2) is 5.82 Å². The van der Waals surface area contributed by atoms with Gasteiger partial charge in [-0.2, -0.15) is 4.98 Å². The lowest BCUT2D eigenvalue weighted by atomic mass is 10.2. The van der Waals surface area contributed by atoms with Gasteiger partial charge < -0.3 is 14.9 Å². The number of carbonyl (C=O) groups is 1. The predicted molar refractivity (Wildman–Crippen MR) is 61.0 cm³/mol. The topological polar surface area (TPSA) is 101 Å². The van der Waals surface area contributed by atoms with Crippen LogP contribution in [0.15, 0.2) is 23.0 Å². The summed E-state index contributed by atoms with van der Waals surface area (Å²) in [6.45, 7) is 2.06. The Labute approximate surface area is 103 Å². The molecule has 0 saturated carbocycles. The highest BCUT2D eigenvalue weighted by atomic mass is 16.5. The van der Waals surface area contributed by atoms with Crippen molar-refractivity contribution in [2.24, 2.45) is 0 Å². The van der Waals surface area contributed by atoms with Crippen LogP contribution in [0.2, 0.25) is 0 Å². The number of carbonyl (C=O) groups excluding carboxylic acids is 1. The second-order valence-electron chi connectivity index (χ2n) is 3.63. The number of rotatable bonds is 4. The van der Waals surface area contributed by atoms with Crippen LogP contribution in [0.3, 0.4) is 0 Å². The van der Waals surface area contributed by atoms with Gasteiger partial charge in [-0.1, -0.05) is 5.16 Å². The molecule has 0 aliphatic heterocycles. The van der Waals surface area contributed by atoms with Crippen molar-refractivity contribution >= 4 is 5.91 Å². The van der Waals surface area contributed by atoms with Crippen LogP contribution in [-0.4, -0.2) is 32.7 Å². The molecule has 94 valence electrons. The summed E-state index contributed by atoms with van der Waals surface area (Å²) in [5.74, 6) is 0.510. The zero-order chi connectivity index (χ0) is 13.0. The second-order valence-corrected chi connectivity index (χ2v) is 3.63. The van der Waals surface area contributed by atoms with Gasteiger partial charge in [-0.15, -0.1) is 0 Å². The first-order valence-electron chi connectivity index (χ1n) is 5.37. The molecule has 0 spiro atoms. The fraction of sp³-hybridized carbons (Fsp3) is 0.273. The number of aromatic nitrogens is 3. The molecular formula is C11H12N4O3. The van der Waals surface area contributed by atoms with Gasteiger partial charge in [0.25, 0.3) is 5.91 Å². The standard InChI is InChI=1S/C11H12N4O3/c1-7-14-10(15-18-7)3-5-13-11(17)8-2-4-12-6-9(8)16/h2,4,6,16H,3,5H2,1H3,(H,13,17). The Kier molecular flexibility index (Phi) is 3.52. The van der Waals surface area contributed by atoms with Gasteiger partial charge in [0.2, 0.25) is 5.89 Å². The van der Waals surface area contributed by atoms with Crippen LogP contribution in [0, 0.1) is 6.92 Å². The molecule has 2 rings (SSSR count). The lowest BCUT2D eigenvalue weighted by Gasteiger charge is -2.04. The van der Waals surface area contributed by atoms with E-state index in [4.69, 9.17) is 4.52 Å². The van der Waals surface area contributed by atoms with E-state index in [9.17, 15) is 9.90 Å². The molecule has 2 aromatic rings. The van der Waals surface area contributed by atoms with Gasteiger partial charge in [-0.05, 0) is 6.07 Å². The summed E-state index contributed by atoms with van der Waals surface area (Å²) in [4.78, 5) is 19.4. The quantitative estimate of drug-likeness (QED) is 0.814. The number of pyridine rings is 1. The molecule has 0 radical (unpaired) electrons. The fourth-order valence-electron chi connectivity index (χ4n) is 1.40. The summed E-state index contributed by atoms with van der Waals surface area (Å²) in [6, 6.07) is 1.45. The van der Waals surface area contributed by atoms with Crippen LogP contribution < -0.4 is 5.32 Å². The lowest BCUT2D eigenvalue weighted by Crippen LogP contribution is -2.26. The summed E-state index contributed by atoms with van der Waals surface area (Å²) < 4.78 is 4.80. The Balaban J connectivity index is 1.87. The third kappa shape index (κ3) is 2.82. The molecule has 2 heterocycles. The molecule has 0 aromatic carbocycles. The van der Waals surface area contributed by atoms with Crippen LogP contribution in [0.4, 0.5) is 0 Å². The normalized spacial score (nSPS) is 10.3. The van der Waals surface area contributed by atoms with Crippen molar-refractivity contribution in [2.45, 2.75) is 13.3 Å². The number of nitrogens with one attached hydrogen (secondary N) is 1. The average molecular weight is 248 g/mol. The molecule has 0 aliphatic rings. The van der Waals surface area contributed by atoms with Crippen molar-refractivity contribution < 1.29 is 14.4 Å². The van der Waals surface area contributed by atoms with E-state index >= 15 is 0 Å². The highest BCUT2D eigenvalue weighted by Gasteiger charge is 2.10. The van der Waals surface area contributed by atoms with Crippen LogP contribution in [-0.2, 0) is 6.42 Å². The maximum atomic E-state index is 11.7. The Morgan fingerprint density at radius 1 is 1.56 bits per heavy atom. The number of aromatic hydroxyl groups is 1.